The Labute approximate surface area is 153 Å². The zero-order chi connectivity index (χ0) is 17.1. The highest BCUT2D eigenvalue weighted by Crippen LogP contribution is 2.34. The van der Waals surface area contributed by atoms with Gasteiger partial charge < -0.3 is 4.90 Å². The van der Waals surface area contributed by atoms with Gasteiger partial charge in [-0.15, -0.1) is 11.3 Å². The van der Waals surface area contributed by atoms with Crippen LogP contribution < -0.4 is 0 Å². The van der Waals surface area contributed by atoms with Gasteiger partial charge in [0.05, 0.1) is 12.6 Å². The van der Waals surface area contributed by atoms with E-state index in [0.717, 1.165) is 49.8 Å². The highest BCUT2D eigenvalue weighted by Gasteiger charge is 2.42. The predicted molar refractivity (Wildman–Crippen MR) is 100 cm³/mol. The summed E-state index contributed by atoms with van der Waals surface area (Å²) in [5, 5.41) is 3.02. The third-order valence-electron chi connectivity index (χ3n) is 5.46. The lowest BCUT2D eigenvalue weighted by molar-refractivity contribution is -0.137. The Morgan fingerprint density at radius 1 is 1.32 bits per heavy atom. The molecular weight excluding hydrogens is 330 g/mol. The monoisotopic (exact) mass is 355 g/mol. The van der Waals surface area contributed by atoms with Crippen LogP contribution in [0, 0.1) is 5.92 Å². The molecule has 4 rings (SSSR count). The Bertz CT molecular complexity index is 688. The second-order valence-corrected chi connectivity index (χ2v) is 8.16. The van der Waals surface area contributed by atoms with Gasteiger partial charge in [0.15, 0.2) is 0 Å². The van der Waals surface area contributed by atoms with E-state index in [9.17, 15) is 4.79 Å². The van der Waals surface area contributed by atoms with E-state index in [1.165, 1.54) is 12.0 Å². The van der Waals surface area contributed by atoms with E-state index in [1.54, 1.807) is 11.3 Å². The third kappa shape index (κ3) is 3.93. The van der Waals surface area contributed by atoms with Gasteiger partial charge in [-0.1, -0.05) is 30.3 Å². The number of aryl methyl sites for hydroxylation is 1. The number of hydrogen-bond acceptors (Lipinski definition) is 4. The summed E-state index contributed by atoms with van der Waals surface area (Å²) in [5.74, 6) is 1.05. The molecule has 2 bridgehead atoms. The standard InChI is InChI=1S/C20H25N3OS/c24-20(18-13-17-8-11-22(18)14-17)23(15-19-21-9-12-25-19)10-4-7-16-5-2-1-3-6-16/h1-3,5-6,9,12,17-18H,4,7-8,10-11,13-15H2. The van der Waals surface area contributed by atoms with E-state index in [4.69, 9.17) is 0 Å². The number of amides is 1. The van der Waals surface area contributed by atoms with Crippen molar-refractivity contribution in [3.63, 3.8) is 0 Å². The molecule has 1 aromatic carbocycles. The fourth-order valence-electron chi connectivity index (χ4n) is 4.15. The lowest BCUT2D eigenvalue weighted by Crippen LogP contribution is -2.46. The minimum absolute atomic E-state index is 0.107. The maximum atomic E-state index is 13.2. The SMILES string of the molecule is O=C(C1CC2CCN1C2)N(CCCc1ccccc1)Cc1nccs1. The van der Waals surface area contributed by atoms with Crippen LogP contribution in [0.15, 0.2) is 41.9 Å². The molecule has 2 aliphatic heterocycles. The molecule has 0 saturated carbocycles. The number of nitrogens with zero attached hydrogens (tertiary/aromatic N) is 3. The van der Waals surface area contributed by atoms with Crippen LogP contribution in [0.25, 0.3) is 0 Å². The third-order valence-corrected chi connectivity index (χ3v) is 6.22. The molecule has 5 heteroatoms. The van der Waals surface area contributed by atoms with Crippen molar-refractivity contribution < 1.29 is 4.79 Å². The smallest absolute Gasteiger partial charge is 0.240 e. The molecule has 1 amide bonds. The fraction of sp³-hybridized carbons (Fsp3) is 0.500. The number of thiazole rings is 1. The largest absolute Gasteiger partial charge is 0.335 e. The Morgan fingerprint density at radius 3 is 2.88 bits per heavy atom. The van der Waals surface area contributed by atoms with E-state index >= 15 is 0 Å². The summed E-state index contributed by atoms with van der Waals surface area (Å²) in [6.45, 7) is 3.67. The molecule has 2 fully saturated rings. The highest BCUT2D eigenvalue weighted by molar-refractivity contribution is 7.09. The number of hydrogen-bond donors (Lipinski definition) is 0. The van der Waals surface area contributed by atoms with Crippen LogP contribution in [0.4, 0.5) is 0 Å². The number of piperidine rings is 1. The van der Waals surface area contributed by atoms with Gasteiger partial charge in [-0.2, -0.15) is 0 Å². The minimum atomic E-state index is 0.107. The number of fused-ring (bicyclic) bond motifs is 2. The molecule has 2 saturated heterocycles. The Balaban J connectivity index is 1.39. The predicted octanol–water partition coefficient (Wildman–Crippen LogP) is 3.20. The molecule has 3 heterocycles. The van der Waals surface area contributed by atoms with Crippen molar-refractivity contribution in [2.75, 3.05) is 19.6 Å². The summed E-state index contributed by atoms with van der Waals surface area (Å²) in [5.41, 5.74) is 1.34. The molecule has 3 atom stereocenters. The van der Waals surface area contributed by atoms with E-state index in [2.05, 4.69) is 34.1 Å². The molecule has 4 nitrogen and oxygen atoms in total. The lowest BCUT2D eigenvalue weighted by atomic mass is 9.99. The molecule has 132 valence electrons. The van der Waals surface area contributed by atoms with Crippen LogP contribution in [0.2, 0.25) is 0 Å². The van der Waals surface area contributed by atoms with Crippen molar-refractivity contribution in [3.8, 4) is 0 Å². The number of rotatable bonds is 7. The second-order valence-electron chi connectivity index (χ2n) is 7.18. The van der Waals surface area contributed by atoms with Gasteiger partial charge in [-0.25, -0.2) is 4.98 Å². The summed E-state index contributed by atoms with van der Waals surface area (Å²) in [7, 11) is 0. The average molecular weight is 356 g/mol. The van der Waals surface area contributed by atoms with E-state index in [-0.39, 0.29) is 6.04 Å². The molecule has 1 aromatic heterocycles. The maximum absolute atomic E-state index is 13.2. The lowest BCUT2D eigenvalue weighted by Gasteiger charge is -2.30. The molecule has 0 N–H and O–H groups in total. The van der Waals surface area contributed by atoms with Crippen LogP contribution in [0.3, 0.4) is 0 Å². The molecule has 2 aliphatic rings. The van der Waals surface area contributed by atoms with Gasteiger partial charge in [-0.3, -0.25) is 9.69 Å². The normalized spacial score (nSPS) is 24.6. The molecule has 0 radical (unpaired) electrons. The minimum Gasteiger partial charge on any atom is -0.335 e. The summed E-state index contributed by atoms with van der Waals surface area (Å²) >= 11 is 1.64. The number of aromatic nitrogens is 1. The molecular formula is C20H25N3OS. The first-order chi connectivity index (χ1) is 12.3. The Morgan fingerprint density at radius 2 is 2.20 bits per heavy atom. The zero-order valence-electron chi connectivity index (χ0n) is 14.5. The van der Waals surface area contributed by atoms with Crippen molar-refractivity contribution in [2.24, 2.45) is 5.92 Å². The van der Waals surface area contributed by atoms with Crippen molar-refractivity contribution >= 4 is 17.2 Å². The topological polar surface area (TPSA) is 36.4 Å². The molecule has 3 unspecified atom stereocenters. The number of carbonyl (C=O) groups is 1. The second kappa shape index (κ2) is 7.67. The van der Waals surface area contributed by atoms with Crippen molar-refractivity contribution in [1.29, 1.82) is 0 Å². The van der Waals surface area contributed by atoms with Crippen LogP contribution in [-0.2, 0) is 17.8 Å². The van der Waals surface area contributed by atoms with E-state index in [1.807, 2.05) is 22.5 Å². The molecule has 25 heavy (non-hydrogen) atoms. The van der Waals surface area contributed by atoms with Gasteiger partial charge in [0.1, 0.15) is 5.01 Å². The van der Waals surface area contributed by atoms with Gasteiger partial charge in [-0.05, 0) is 43.7 Å². The van der Waals surface area contributed by atoms with Crippen LogP contribution >= 0.6 is 11.3 Å². The van der Waals surface area contributed by atoms with E-state index in [0.29, 0.717) is 12.5 Å². The van der Waals surface area contributed by atoms with Gasteiger partial charge in [0.2, 0.25) is 5.91 Å². The summed E-state index contributed by atoms with van der Waals surface area (Å²) in [4.78, 5) is 22.0. The molecule has 0 spiro atoms. The fourth-order valence-corrected chi connectivity index (χ4v) is 4.78. The van der Waals surface area contributed by atoms with E-state index < -0.39 is 0 Å². The first kappa shape index (κ1) is 16.7. The van der Waals surface area contributed by atoms with Crippen LogP contribution in [-0.4, -0.2) is 46.4 Å². The van der Waals surface area contributed by atoms with Crippen molar-refractivity contribution in [3.05, 3.63) is 52.5 Å². The quantitative estimate of drug-likeness (QED) is 0.765. The Kier molecular flexibility index (Phi) is 5.13. The van der Waals surface area contributed by atoms with Crippen LogP contribution in [0.5, 0.6) is 0 Å². The number of carbonyl (C=O) groups excluding carboxylic acids is 1. The summed E-state index contributed by atoms with van der Waals surface area (Å²) in [6, 6.07) is 10.6. The van der Waals surface area contributed by atoms with Crippen LogP contribution in [0.1, 0.15) is 29.8 Å². The summed E-state index contributed by atoms with van der Waals surface area (Å²) in [6.07, 6.45) is 6.15. The van der Waals surface area contributed by atoms with Crippen molar-refractivity contribution in [2.45, 2.75) is 38.3 Å². The highest BCUT2D eigenvalue weighted by atomic mass is 32.1. The van der Waals surface area contributed by atoms with Gasteiger partial charge in [0.25, 0.3) is 0 Å². The first-order valence-electron chi connectivity index (χ1n) is 9.25. The maximum Gasteiger partial charge on any atom is 0.240 e. The van der Waals surface area contributed by atoms with Crippen molar-refractivity contribution in [1.82, 2.24) is 14.8 Å². The molecule has 2 aromatic rings. The molecule has 0 aliphatic carbocycles. The van der Waals surface area contributed by atoms with Gasteiger partial charge in [0, 0.05) is 24.7 Å². The zero-order valence-corrected chi connectivity index (χ0v) is 15.3. The Hall–Kier alpha value is -1.72. The van der Waals surface area contributed by atoms with Gasteiger partial charge >= 0.3 is 0 Å². The number of benzene rings is 1. The summed E-state index contributed by atoms with van der Waals surface area (Å²) < 4.78 is 0. The average Bonchev–Trinajstić information content (AvgIpc) is 3.39. The first-order valence-corrected chi connectivity index (χ1v) is 10.1.